The normalized spacial score (nSPS) is 15.1. The van der Waals surface area contributed by atoms with Crippen LogP contribution in [-0.2, 0) is 14.8 Å². The Hall–Kier alpha value is -2.42. The van der Waals surface area contributed by atoms with Gasteiger partial charge in [0.25, 0.3) is 21.8 Å². The largest absolute Gasteiger partial charge is 0.481 e. The number of carboxylic acids is 1. The van der Waals surface area contributed by atoms with Gasteiger partial charge in [-0.2, -0.15) is 0 Å². The molecule has 0 aliphatic carbocycles. The maximum atomic E-state index is 12.6. The van der Waals surface area contributed by atoms with E-state index in [1.165, 1.54) is 18.2 Å². The molecular formula is C18H24N2O6S. The molecule has 0 bridgehead atoms. The van der Waals surface area contributed by atoms with Crippen LogP contribution in [0.1, 0.15) is 66.7 Å². The van der Waals surface area contributed by atoms with Crippen molar-refractivity contribution in [2.45, 2.75) is 56.9 Å². The fourth-order valence-corrected chi connectivity index (χ4v) is 4.75. The number of hydrogen-bond donors (Lipinski definition) is 2. The van der Waals surface area contributed by atoms with Crippen LogP contribution in [-0.4, -0.2) is 48.2 Å². The van der Waals surface area contributed by atoms with E-state index in [1.54, 1.807) is 13.8 Å². The van der Waals surface area contributed by atoms with Crippen LogP contribution in [0.15, 0.2) is 23.1 Å². The molecule has 8 nitrogen and oxygen atoms in total. The van der Waals surface area contributed by atoms with Crippen LogP contribution in [0.5, 0.6) is 0 Å². The summed E-state index contributed by atoms with van der Waals surface area (Å²) in [4.78, 5) is 34.8. The summed E-state index contributed by atoms with van der Waals surface area (Å²) in [6.07, 6.45) is 3.01. The Bertz CT molecular complexity index is 847. The molecule has 2 amide bonds. The molecular weight excluding hydrogens is 372 g/mol. The van der Waals surface area contributed by atoms with Crippen molar-refractivity contribution in [3.05, 3.63) is 29.3 Å². The molecule has 148 valence electrons. The Balaban J connectivity index is 1.96. The van der Waals surface area contributed by atoms with Gasteiger partial charge < -0.3 is 10.4 Å². The fraction of sp³-hybridized carbons (Fsp3) is 0.500. The molecule has 0 unspecified atom stereocenters. The predicted molar refractivity (Wildman–Crippen MR) is 98.0 cm³/mol. The molecule has 1 aliphatic heterocycles. The Morgan fingerprint density at radius 3 is 2.44 bits per heavy atom. The number of unbranched alkanes of at least 4 members (excludes halogenated alkanes) is 3. The summed E-state index contributed by atoms with van der Waals surface area (Å²) in [5.74, 6) is -1.80. The molecule has 1 heterocycles. The van der Waals surface area contributed by atoms with Crippen molar-refractivity contribution in [2.75, 3.05) is 6.54 Å². The molecule has 0 saturated carbocycles. The maximum Gasteiger partial charge on any atom is 0.303 e. The van der Waals surface area contributed by atoms with Gasteiger partial charge in [0.2, 0.25) is 0 Å². The summed E-state index contributed by atoms with van der Waals surface area (Å²) in [6.45, 7) is 3.64. The molecule has 1 aliphatic rings. The molecule has 0 atom stereocenters. The van der Waals surface area contributed by atoms with Gasteiger partial charge in [-0.25, -0.2) is 12.7 Å². The first kappa shape index (κ1) is 20.9. The van der Waals surface area contributed by atoms with Gasteiger partial charge in [-0.05, 0) is 44.9 Å². The number of amides is 2. The van der Waals surface area contributed by atoms with Crippen LogP contribution in [0.25, 0.3) is 0 Å². The van der Waals surface area contributed by atoms with E-state index in [1.807, 2.05) is 0 Å². The molecule has 0 spiro atoms. The van der Waals surface area contributed by atoms with Crippen molar-refractivity contribution < 1.29 is 27.9 Å². The Morgan fingerprint density at radius 2 is 1.81 bits per heavy atom. The number of carbonyl (C=O) groups excluding carboxylic acids is 2. The van der Waals surface area contributed by atoms with Crippen LogP contribution in [0.3, 0.4) is 0 Å². The number of nitrogens with one attached hydrogen (secondary N) is 1. The molecule has 2 rings (SSSR count). The average molecular weight is 396 g/mol. The summed E-state index contributed by atoms with van der Waals surface area (Å²) in [7, 11) is -3.94. The number of sulfonamides is 1. The number of carbonyl (C=O) groups is 3. The zero-order valence-electron chi connectivity index (χ0n) is 15.4. The first-order chi connectivity index (χ1) is 12.7. The molecule has 0 aromatic heterocycles. The summed E-state index contributed by atoms with van der Waals surface area (Å²) >= 11 is 0. The molecule has 27 heavy (non-hydrogen) atoms. The van der Waals surface area contributed by atoms with Crippen molar-refractivity contribution in [2.24, 2.45) is 0 Å². The number of nitrogens with zero attached hydrogens (tertiary/aromatic N) is 1. The van der Waals surface area contributed by atoms with E-state index < -0.39 is 33.8 Å². The van der Waals surface area contributed by atoms with Crippen molar-refractivity contribution in [1.82, 2.24) is 9.62 Å². The quantitative estimate of drug-likeness (QED) is 0.616. The van der Waals surface area contributed by atoms with Crippen molar-refractivity contribution in [1.29, 1.82) is 0 Å². The first-order valence-electron chi connectivity index (χ1n) is 8.89. The van der Waals surface area contributed by atoms with Gasteiger partial charge in [-0.3, -0.25) is 14.4 Å². The third kappa shape index (κ3) is 4.65. The smallest absolute Gasteiger partial charge is 0.303 e. The topological polar surface area (TPSA) is 121 Å². The van der Waals surface area contributed by atoms with Crippen molar-refractivity contribution in [3.63, 3.8) is 0 Å². The van der Waals surface area contributed by atoms with Crippen LogP contribution in [0, 0.1) is 0 Å². The molecule has 1 aromatic carbocycles. The second-order valence-electron chi connectivity index (χ2n) is 6.72. The highest BCUT2D eigenvalue weighted by atomic mass is 32.2. The van der Waals surface area contributed by atoms with E-state index in [2.05, 4.69) is 5.32 Å². The molecule has 9 heteroatoms. The van der Waals surface area contributed by atoms with Gasteiger partial charge >= 0.3 is 5.97 Å². The number of hydrogen-bond acceptors (Lipinski definition) is 5. The Labute approximate surface area is 158 Å². The lowest BCUT2D eigenvalue weighted by atomic mass is 10.1. The third-order valence-corrected chi connectivity index (χ3v) is 6.28. The second-order valence-corrected chi connectivity index (χ2v) is 8.51. The van der Waals surface area contributed by atoms with Gasteiger partial charge in [-0.15, -0.1) is 0 Å². The second kappa shape index (κ2) is 8.51. The number of fused-ring (bicyclic) bond motifs is 1. The monoisotopic (exact) mass is 396 g/mol. The van der Waals surface area contributed by atoms with Crippen LogP contribution in [0.2, 0.25) is 0 Å². The lowest BCUT2D eigenvalue weighted by Crippen LogP contribution is -2.36. The minimum Gasteiger partial charge on any atom is -0.481 e. The van der Waals surface area contributed by atoms with Crippen LogP contribution < -0.4 is 5.32 Å². The van der Waals surface area contributed by atoms with Gasteiger partial charge in [0.1, 0.15) is 4.90 Å². The van der Waals surface area contributed by atoms with Gasteiger partial charge in [0, 0.05) is 24.6 Å². The summed E-state index contributed by atoms with van der Waals surface area (Å²) in [5, 5.41) is 11.3. The average Bonchev–Trinajstić information content (AvgIpc) is 2.79. The van der Waals surface area contributed by atoms with E-state index in [-0.39, 0.29) is 22.4 Å². The van der Waals surface area contributed by atoms with E-state index in [0.29, 0.717) is 19.4 Å². The van der Waals surface area contributed by atoms with Crippen LogP contribution >= 0.6 is 0 Å². The molecule has 0 saturated heterocycles. The Morgan fingerprint density at radius 1 is 1.15 bits per heavy atom. The molecule has 2 N–H and O–H groups in total. The molecule has 0 fully saturated rings. The fourth-order valence-electron chi connectivity index (χ4n) is 2.96. The number of rotatable bonds is 9. The zero-order chi connectivity index (χ0) is 20.2. The van der Waals surface area contributed by atoms with Crippen molar-refractivity contribution >= 4 is 27.8 Å². The van der Waals surface area contributed by atoms with Gasteiger partial charge in [0.05, 0.1) is 5.56 Å². The highest BCUT2D eigenvalue weighted by Crippen LogP contribution is 2.32. The van der Waals surface area contributed by atoms with Gasteiger partial charge in [0.15, 0.2) is 0 Å². The lowest BCUT2D eigenvalue weighted by Gasteiger charge is -2.18. The van der Waals surface area contributed by atoms with E-state index in [4.69, 9.17) is 5.11 Å². The predicted octanol–water partition coefficient (Wildman–Crippen LogP) is 2.00. The van der Waals surface area contributed by atoms with E-state index >= 15 is 0 Å². The zero-order valence-corrected chi connectivity index (χ0v) is 16.2. The summed E-state index contributed by atoms with van der Waals surface area (Å²) < 4.78 is 25.9. The van der Waals surface area contributed by atoms with Crippen molar-refractivity contribution in [3.8, 4) is 0 Å². The highest BCUT2D eigenvalue weighted by molar-refractivity contribution is 7.90. The maximum absolute atomic E-state index is 12.6. The van der Waals surface area contributed by atoms with Gasteiger partial charge in [-0.1, -0.05) is 12.8 Å². The first-order valence-corrected chi connectivity index (χ1v) is 10.3. The minimum absolute atomic E-state index is 0.0821. The minimum atomic E-state index is -3.94. The molecule has 0 radical (unpaired) electrons. The molecule has 1 aromatic rings. The number of aliphatic carboxylic acids is 1. The van der Waals surface area contributed by atoms with E-state index in [9.17, 15) is 22.8 Å². The summed E-state index contributed by atoms with van der Waals surface area (Å²) in [5.41, 5.74) is 0.264. The van der Waals surface area contributed by atoms with E-state index in [0.717, 1.165) is 17.1 Å². The Kier molecular flexibility index (Phi) is 6.59. The highest BCUT2D eigenvalue weighted by Gasteiger charge is 2.42. The number of carboxylic acid groups (broad SMARTS) is 1. The standard InChI is InChI=1S/C18H24N2O6S/c1-12(2)20-18(24)14-9-8-13(11-15(14)27(20,25)26)17(23)19-10-6-4-3-5-7-16(21)22/h8-9,11-12H,3-7,10H2,1-2H3,(H,19,23)(H,21,22). The SMILES string of the molecule is CC(C)N1C(=O)c2ccc(C(=O)NCCCCCCC(=O)O)cc2S1(=O)=O. The lowest BCUT2D eigenvalue weighted by molar-refractivity contribution is -0.137. The van der Waals surface area contributed by atoms with Crippen LogP contribution in [0.4, 0.5) is 0 Å². The summed E-state index contributed by atoms with van der Waals surface area (Å²) in [6, 6.07) is 3.55. The third-order valence-electron chi connectivity index (χ3n) is 4.28. The number of benzene rings is 1.